The maximum absolute atomic E-state index is 5.89. The number of rotatable bonds is 2. The van der Waals surface area contributed by atoms with Gasteiger partial charge in [0.25, 0.3) is 0 Å². The van der Waals surface area contributed by atoms with Gasteiger partial charge in [-0.15, -0.1) is 0 Å². The van der Waals surface area contributed by atoms with Crippen LogP contribution in [0.25, 0.3) is 10.9 Å². The average molecular weight is 214 g/mol. The molecule has 0 aliphatic carbocycles. The molecule has 0 atom stereocenters. The molecule has 2 nitrogen and oxygen atoms in total. The summed E-state index contributed by atoms with van der Waals surface area (Å²) in [6.45, 7) is 6.26. The van der Waals surface area contributed by atoms with Crippen molar-refractivity contribution in [2.75, 3.05) is 6.54 Å². The number of aryl methyl sites for hydroxylation is 2. The normalized spacial score (nSPS) is 14.9. The Bertz CT molecular complexity index is 549. The van der Waals surface area contributed by atoms with Crippen molar-refractivity contribution in [3.05, 3.63) is 35.5 Å². The van der Waals surface area contributed by atoms with Gasteiger partial charge in [0.1, 0.15) is 0 Å². The van der Waals surface area contributed by atoms with E-state index in [1.54, 1.807) is 0 Å². The van der Waals surface area contributed by atoms with Crippen molar-refractivity contribution in [3.63, 3.8) is 0 Å². The van der Waals surface area contributed by atoms with Crippen molar-refractivity contribution in [2.24, 2.45) is 5.73 Å². The molecule has 0 saturated heterocycles. The SMILES string of the molecule is CC(C)(CN)c1cn2c3c(cccc13)CC2. The molecule has 2 heteroatoms. The van der Waals surface area contributed by atoms with E-state index in [1.807, 2.05) is 0 Å². The largest absolute Gasteiger partial charge is 0.347 e. The molecule has 3 rings (SSSR count). The smallest absolute Gasteiger partial charge is 0.0516 e. The number of nitrogens with zero attached hydrogens (tertiary/aromatic N) is 1. The monoisotopic (exact) mass is 214 g/mol. The van der Waals surface area contributed by atoms with Crippen LogP contribution in [0, 0.1) is 0 Å². The number of aromatic nitrogens is 1. The van der Waals surface area contributed by atoms with Gasteiger partial charge in [-0.3, -0.25) is 0 Å². The molecule has 2 aromatic rings. The molecular weight excluding hydrogens is 196 g/mol. The second-order valence-corrected chi connectivity index (χ2v) is 5.39. The summed E-state index contributed by atoms with van der Waals surface area (Å²) in [6, 6.07) is 6.64. The predicted octanol–water partition coefficient (Wildman–Crippen LogP) is 2.43. The Labute approximate surface area is 96.1 Å². The summed E-state index contributed by atoms with van der Waals surface area (Å²) in [6.07, 6.45) is 3.48. The first kappa shape index (κ1) is 9.91. The summed E-state index contributed by atoms with van der Waals surface area (Å²) in [5.41, 5.74) is 10.3. The Balaban J connectivity index is 2.33. The number of hydrogen-bond acceptors (Lipinski definition) is 1. The molecule has 0 spiro atoms. The molecule has 1 aliphatic rings. The zero-order valence-corrected chi connectivity index (χ0v) is 9.96. The zero-order valence-electron chi connectivity index (χ0n) is 9.96. The first-order valence-corrected chi connectivity index (χ1v) is 5.95. The maximum Gasteiger partial charge on any atom is 0.0516 e. The van der Waals surface area contributed by atoms with Crippen LogP contribution in [-0.4, -0.2) is 11.1 Å². The summed E-state index contributed by atoms with van der Waals surface area (Å²) in [5.74, 6) is 0. The van der Waals surface area contributed by atoms with Gasteiger partial charge in [0.2, 0.25) is 0 Å². The van der Waals surface area contributed by atoms with Crippen LogP contribution < -0.4 is 5.73 Å². The van der Waals surface area contributed by atoms with Gasteiger partial charge < -0.3 is 10.3 Å². The molecule has 0 amide bonds. The Morgan fingerprint density at radius 1 is 1.38 bits per heavy atom. The van der Waals surface area contributed by atoms with Gasteiger partial charge in [-0.25, -0.2) is 0 Å². The van der Waals surface area contributed by atoms with Crippen LogP contribution in [0.5, 0.6) is 0 Å². The van der Waals surface area contributed by atoms with Crippen LogP contribution in [0.15, 0.2) is 24.4 Å². The van der Waals surface area contributed by atoms with E-state index in [9.17, 15) is 0 Å². The quantitative estimate of drug-likeness (QED) is 0.818. The fourth-order valence-electron chi connectivity index (χ4n) is 2.71. The predicted molar refractivity (Wildman–Crippen MR) is 67.7 cm³/mol. The minimum atomic E-state index is 0.0689. The van der Waals surface area contributed by atoms with Crippen LogP contribution in [0.2, 0.25) is 0 Å². The van der Waals surface area contributed by atoms with E-state index in [2.05, 4.69) is 42.8 Å². The number of nitrogens with two attached hydrogens (primary N) is 1. The van der Waals surface area contributed by atoms with Crippen molar-refractivity contribution in [1.82, 2.24) is 4.57 Å². The van der Waals surface area contributed by atoms with E-state index < -0.39 is 0 Å². The Morgan fingerprint density at radius 3 is 2.94 bits per heavy atom. The zero-order chi connectivity index (χ0) is 11.3. The Kier molecular flexibility index (Phi) is 1.93. The van der Waals surface area contributed by atoms with E-state index in [4.69, 9.17) is 5.73 Å². The van der Waals surface area contributed by atoms with E-state index in [-0.39, 0.29) is 5.41 Å². The van der Waals surface area contributed by atoms with Crippen molar-refractivity contribution < 1.29 is 0 Å². The molecule has 2 heterocycles. The van der Waals surface area contributed by atoms with E-state index >= 15 is 0 Å². The molecular formula is C14H18N2. The highest BCUT2D eigenvalue weighted by Crippen LogP contribution is 2.35. The third-order valence-electron chi connectivity index (χ3n) is 3.84. The lowest BCUT2D eigenvalue weighted by Crippen LogP contribution is -2.27. The van der Waals surface area contributed by atoms with Crippen molar-refractivity contribution in [2.45, 2.75) is 32.2 Å². The lowest BCUT2D eigenvalue weighted by Gasteiger charge is -2.22. The van der Waals surface area contributed by atoms with Gasteiger partial charge in [0, 0.05) is 30.1 Å². The van der Waals surface area contributed by atoms with Gasteiger partial charge in [-0.2, -0.15) is 0 Å². The first-order chi connectivity index (χ1) is 7.63. The molecule has 0 saturated carbocycles. The first-order valence-electron chi connectivity index (χ1n) is 5.95. The van der Waals surface area contributed by atoms with Crippen LogP contribution in [0.1, 0.15) is 25.0 Å². The van der Waals surface area contributed by atoms with Gasteiger partial charge in [0.15, 0.2) is 0 Å². The van der Waals surface area contributed by atoms with Crippen LogP contribution in [0.3, 0.4) is 0 Å². The highest BCUT2D eigenvalue weighted by atomic mass is 15.0. The lowest BCUT2D eigenvalue weighted by molar-refractivity contribution is 0.540. The highest BCUT2D eigenvalue weighted by Gasteiger charge is 2.26. The molecule has 1 aliphatic heterocycles. The minimum absolute atomic E-state index is 0.0689. The lowest BCUT2D eigenvalue weighted by atomic mass is 9.84. The van der Waals surface area contributed by atoms with Gasteiger partial charge in [-0.1, -0.05) is 32.0 Å². The maximum atomic E-state index is 5.89. The van der Waals surface area contributed by atoms with E-state index in [1.165, 1.54) is 28.5 Å². The molecule has 1 aromatic heterocycles. The third kappa shape index (κ3) is 1.17. The summed E-state index contributed by atoms with van der Waals surface area (Å²) < 4.78 is 2.39. The van der Waals surface area contributed by atoms with Crippen LogP contribution >= 0.6 is 0 Å². The van der Waals surface area contributed by atoms with E-state index in [0.717, 1.165) is 6.54 Å². The van der Waals surface area contributed by atoms with Crippen molar-refractivity contribution >= 4 is 10.9 Å². The highest BCUT2D eigenvalue weighted by molar-refractivity contribution is 5.88. The molecule has 0 radical (unpaired) electrons. The average Bonchev–Trinajstić information content (AvgIpc) is 2.85. The second kappa shape index (κ2) is 3.11. The minimum Gasteiger partial charge on any atom is -0.347 e. The van der Waals surface area contributed by atoms with Crippen molar-refractivity contribution in [1.29, 1.82) is 0 Å². The third-order valence-corrected chi connectivity index (χ3v) is 3.84. The Morgan fingerprint density at radius 2 is 2.19 bits per heavy atom. The fraction of sp³-hybridized carbons (Fsp3) is 0.429. The Hall–Kier alpha value is -1.28. The molecule has 84 valence electrons. The summed E-state index contributed by atoms with van der Waals surface area (Å²) in [7, 11) is 0. The standard InChI is InChI=1S/C14H18N2/c1-14(2,9-15)12-8-16-7-6-10-4-3-5-11(12)13(10)16/h3-5,8H,6-7,9,15H2,1-2H3. The molecule has 16 heavy (non-hydrogen) atoms. The number of benzene rings is 1. The molecule has 2 N–H and O–H groups in total. The number of para-hydroxylation sites is 1. The van der Waals surface area contributed by atoms with Gasteiger partial charge in [-0.05, 0) is 17.5 Å². The molecule has 0 fully saturated rings. The summed E-state index contributed by atoms with van der Waals surface area (Å²) in [4.78, 5) is 0. The van der Waals surface area contributed by atoms with Gasteiger partial charge in [0.05, 0.1) is 5.52 Å². The van der Waals surface area contributed by atoms with Crippen molar-refractivity contribution in [3.8, 4) is 0 Å². The second-order valence-electron chi connectivity index (χ2n) is 5.39. The van der Waals surface area contributed by atoms with E-state index in [0.29, 0.717) is 6.54 Å². The molecule has 1 aromatic carbocycles. The molecule has 0 bridgehead atoms. The van der Waals surface area contributed by atoms with Gasteiger partial charge >= 0.3 is 0 Å². The summed E-state index contributed by atoms with van der Waals surface area (Å²) >= 11 is 0. The molecule has 0 unspecified atom stereocenters. The van der Waals surface area contributed by atoms with Crippen LogP contribution in [-0.2, 0) is 18.4 Å². The topological polar surface area (TPSA) is 30.9 Å². The summed E-state index contributed by atoms with van der Waals surface area (Å²) in [5, 5.41) is 1.39. The van der Waals surface area contributed by atoms with Crippen LogP contribution in [0.4, 0.5) is 0 Å². The fourth-order valence-corrected chi connectivity index (χ4v) is 2.71. The number of hydrogen-bond donors (Lipinski definition) is 1.